The van der Waals surface area contributed by atoms with Gasteiger partial charge in [-0.25, -0.2) is 0 Å². The zero-order valence-electron chi connectivity index (χ0n) is 11.5. The molecule has 0 radical (unpaired) electrons. The number of hydrogen-bond donors (Lipinski definition) is 1. The average Bonchev–Trinajstić information content (AvgIpc) is 3.18. The minimum absolute atomic E-state index is 0.390. The Hall–Kier alpha value is -1.68. The zero-order chi connectivity index (χ0) is 13.4. The van der Waals surface area contributed by atoms with Gasteiger partial charge in [0, 0.05) is 18.4 Å². The normalized spacial score (nSPS) is 22.3. The number of nitrogens with zero attached hydrogens (tertiary/aromatic N) is 2. The molecule has 20 heavy (non-hydrogen) atoms. The highest BCUT2D eigenvalue weighted by Gasteiger charge is 2.27. The Morgan fingerprint density at radius 2 is 2.00 bits per heavy atom. The van der Waals surface area contributed by atoms with E-state index in [1.54, 1.807) is 0 Å². The summed E-state index contributed by atoms with van der Waals surface area (Å²) in [6.45, 7) is 1.11. The minimum atomic E-state index is 0.390. The Balaban J connectivity index is 1.46. The summed E-state index contributed by atoms with van der Waals surface area (Å²) in [5, 5.41) is 7.68. The van der Waals surface area contributed by atoms with Gasteiger partial charge in [-0.3, -0.25) is 0 Å². The maximum atomic E-state index is 5.44. The molecule has 0 spiro atoms. The van der Waals surface area contributed by atoms with E-state index in [4.69, 9.17) is 4.52 Å². The molecule has 1 aromatic carbocycles. The van der Waals surface area contributed by atoms with Gasteiger partial charge in [-0.2, -0.15) is 4.98 Å². The van der Waals surface area contributed by atoms with Crippen molar-refractivity contribution in [1.29, 1.82) is 0 Å². The number of aromatic nitrogens is 2. The molecule has 1 atom stereocenters. The summed E-state index contributed by atoms with van der Waals surface area (Å²) >= 11 is 0. The van der Waals surface area contributed by atoms with Crippen LogP contribution in [-0.4, -0.2) is 22.7 Å². The van der Waals surface area contributed by atoms with Crippen LogP contribution in [0, 0.1) is 0 Å². The van der Waals surface area contributed by atoms with E-state index < -0.39 is 0 Å². The fourth-order valence-corrected chi connectivity index (χ4v) is 3.40. The molecule has 4 heteroatoms. The van der Waals surface area contributed by atoms with E-state index in [9.17, 15) is 0 Å². The fraction of sp³-hybridized carbons (Fsp3) is 0.500. The molecule has 4 rings (SSSR count). The van der Waals surface area contributed by atoms with Crippen LogP contribution in [0.5, 0.6) is 0 Å². The lowest BCUT2D eigenvalue weighted by Gasteiger charge is -2.05. The van der Waals surface area contributed by atoms with Crippen molar-refractivity contribution in [3.63, 3.8) is 0 Å². The van der Waals surface area contributed by atoms with E-state index in [1.807, 2.05) is 0 Å². The molecule has 1 N–H and O–H groups in total. The largest absolute Gasteiger partial charge is 0.339 e. The second-order valence-corrected chi connectivity index (χ2v) is 5.92. The van der Waals surface area contributed by atoms with Gasteiger partial charge in [0.05, 0.1) is 0 Å². The topological polar surface area (TPSA) is 51.0 Å². The standard InChI is InChI=1S/C16H19N3O/c1-2-5-12-9-13(8-11(12)4-1)16-18-15(20-19-16)10-14-6-3-7-17-14/h1-2,4-5,13-14,17H,3,6-10H2. The maximum Gasteiger partial charge on any atom is 0.228 e. The van der Waals surface area contributed by atoms with Crippen LogP contribution < -0.4 is 5.32 Å². The Kier molecular flexibility index (Phi) is 3.03. The van der Waals surface area contributed by atoms with E-state index in [0.717, 1.165) is 37.5 Å². The molecule has 1 aliphatic heterocycles. The van der Waals surface area contributed by atoms with Crippen LogP contribution in [0.4, 0.5) is 0 Å². The first-order chi connectivity index (χ1) is 9.88. The lowest BCUT2D eigenvalue weighted by molar-refractivity contribution is 0.357. The van der Waals surface area contributed by atoms with Crippen molar-refractivity contribution in [3.05, 3.63) is 47.1 Å². The first-order valence-electron chi connectivity index (χ1n) is 7.51. The lowest BCUT2D eigenvalue weighted by Crippen LogP contribution is -2.23. The van der Waals surface area contributed by atoms with Gasteiger partial charge in [0.2, 0.25) is 5.89 Å². The van der Waals surface area contributed by atoms with Crippen LogP contribution >= 0.6 is 0 Å². The Morgan fingerprint density at radius 1 is 1.20 bits per heavy atom. The molecule has 1 unspecified atom stereocenters. The Labute approximate surface area is 118 Å². The van der Waals surface area contributed by atoms with Crippen LogP contribution in [0.2, 0.25) is 0 Å². The van der Waals surface area contributed by atoms with Crippen LogP contribution in [0.3, 0.4) is 0 Å². The second-order valence-electron chi connectivity index (χ2n) is 5.92. The van der Waals surface area contributed by atoms with Crippen LogP contribution in [0.15, 0.2) is 28.8 Å². The van der Waals surface area contributed by atoms with Gasteiger partial charge in [-0.15, -0.1) is 0 Å². The summed E-state index contributed by atoms with van der Waals surface area (Å²) in [6.07, 6.45) is 5.41. The Morgan fingerprint density at radius 3 is 2.70 bits per heavy atom. The first-order valence-corrected chi connectivity index (χ1v) is 7.51. The average molecular weight is 269 g/mol. The molecule has 0 amide bonds. The van der Waals surface area contributed by atoms with E-state index in [2.05, 4.69) is 39.7 Å². The van der Waals surface area contributed by atoms with Crippen LogP contribution in [0.1, 0.15) is 41.6 Å². The predicted octanol–water partition coefficient (Wildman–Crippen LogP) is 2.25. The Bertz CT molecular complexity index is 576. The molecule has 1 saturated heterocycles. The lowest BCUT2D eigenvalue weighted by atomic mass is 10.1. The quantitative estimate of drug-likeness (QED) is 0.928. The minimum Gasteiger partial charge on any atom is -0.339 e. The van der Waals surface area contributed by atoms with Crippen LogP contribution in [0.25, 0.3) is 0 Å². The smallest absolute Gasteiger partial charge is 0.228 e. The third-order valence-corrected chi connectivity index (χ3v) is 4.48. The van der Waals surface area contributed by atoms with Crippen molar-refractivity contribution < 1.29 is 4.52 Å². The maximum absolute atomic E-state index is 5.44. The molecule has 1 aromatic heterocycles. The van der Waals surface area contributed by atoms with Crippen LogP contribution in [-0.2, 0) is 19.3 Å². The van der Waals surface area contributed by atoms with Crippen molar-refractivity contribution in [1.82, 2.24) is 15.5 Å². The van der Waals surface area contributed by atoms with Gasteiger partial charge < -0.3 is 9.84 Å². The molecule has 2 aliphatic rings. The molecule has 1 fully saturated rings. The predicted molar refractivity (Wildman–Crippen MR) is 75.6 cm³/mol. The van der Waals surface area contributed by atoms with E-state index >= 15 is 0 Å². The van der Waals surface area contributed by atoms with E-state index in [0.29, 0.717) is 12.0 Å². The molecule has 2 heterocycles. The van der Waals surface area contributed by atoms with Gasteiger partial charge in [-0.1, -0.05) is 29.4 Å². The number of benzene rings is 1. The number of nitrogens with one attached hydrogen (secondary N) is 1. The summed E-state index contributed by atoms with van der Waals surface area (Å²) < 4.78 is 5.44. The van der Waals surface area contributed by atoms with Gasteiger partial charge in [0.1, 0.15) is 0 Å². The molecule has 0 saturated carbocycles. The van der Waals surface area contributed by atoms with Gasteiger partial charge in [0.15, 0.2) is 5.82 Å². The van der Waals surface area contributed by atoms with E-state index in [1.165, 1.54) is 24.0 Å². The summed E-state index contributed by atoms with van der Waals surface area (Å²) in [6, 6.07) is 9.14. The van der Waals surface area contributed by atoms with Gasteiger partial charge >= 0.3 is 0 Å². The first kappa shape index (κ1) is 12.1. The van der Waals surface area contributed by atoms with Crippen molar-refractivity contribution in [2.45, 2.75) is 44.1 Å². The third kappa shape index (κ3) is 2.24. The second kappa shape index (κ2) is 5.02. The fourth-order valence-electron chi connectivity index (χ4n) is 3.40. The third-order valence-electron chi connectivity index (χ3n) is 4.48. The van der Waals surface area contributed by atoms with Crippen molar-refractivity contribution in [2.75, 3.05) is 6.54 Å². The molecule has 2 aromatic rings. The van der Waals surface area contributed by atoms with E-state index in [-0.39, 0.29) is 0 Å². The summed E-state index contributed by atoms with van der Waals surface area (Å²) in [5.74, 6) is 2.06. The zero-order valence-corrected chi connectivity index (χ0v) is 11.5. The highest BCUT2D eigenvalue weighted by Crippen LogP contribution is 2.32. The van der Waals surface area contributed by atoms with Crippen molar-refractivity contribution in [2.24, 2.45) is 0 Å². The molecule has 4 nitrogen and oxygen atoms in total. The van der Waals surface area contributed by atoms with Gasteiger partial charge in [-0.05, 0) is 43.4 Å². The summed E-state index contributed by atoms with van der Waals surface area (Å²) in [4.78, 5) is 4.62. The molecule has 0 bridgehead atoms. The summed E-state index contributed by atoms with van der Waals surface area (Å²) in [5.41, 5.74) is 2.86. The van der Waals surface area contributed by atoms with Crippen molar-refractivity contribution in [3.8, 4) is 0 Å². The molecule has 1 aliphatic carbocycles. The monoisotopic (exact) mass is 269 g/mol. The van der Waals surface area contributed by atoms with Gasteiger partial charge in [0.25, 0.3) is 0 Å². The molecular formula is C16H19N3O. The SMILES string of the molecule is c1ccc2c(c1)CC(c1noc(CC3CCCN3)n1)C2. The number of hydrogen-bond acceptors (Lipinski definition) is 4. The highest BCUT2D eigenvalue weighted by atomic mass is 16.5. The number of rotatable bonds is 3. The molecule has 104 valence electrons. The van der Waals surface area contributed by atoms with Crippen molar-refractivity contribution >= 4 is 0 Å². The summed E-state index contributed by atoms with van der Waals surface area (Å²) in [7, 11) is 0. The number of fused-ring (bicyclic) bond motifs is 1. The molecular weight excluding hydrogens is 250 g/mol. The highest BCUT2D eigenvalue weighted by molar-refractivity contribution is 5.34.